The Morgan fingerprint density at radius 3 is 2.04 bits per heavy atom. The molecular formula is C17H29NO4Si. The number of carbonyl (C=O) groups is 1. The van der Waals surface area contributed by atoms with Crippen molar-refractivity contribution in [3.05, 3.63) is 29.8 Å². The normalized spacial score (nSPS) is 15.0. The fourth-order valence-electron chi connectivity index (χ4n) is 1.90. The Labute approximate surface area is 140 Å². The molecule has 23 heavy (non-hydrogen) atoms. The molecule has 2 atom stereocenters. The largest absolute Gasteiger partial charge is 0.497 e. The van der Waals surface area contributed by atoms with Crippen molar-refractivity contribution < 1.29 is 18.7 Å². The topological polar surface area (TPSA) is 70.8 Å². The third-order valence-electron chi connectivity index (χ3n) is 4.47. The van der Waals surface area contributed by atoms with Gasteiger partial charge in [0.05, 0.1) is 20.3 Å². The standard InChI is InChI=1S/C17H29NO4Si/c1-17(2,3)23(6,7)22-15(14(18)16(19)21-5)12-8-10-13(20-4)11-9-12/h8-11,14-15H,18H2,1-7H3/t14-,15-/m1/s1. The van der Waals surface area contributed by atoms with E-state index in [0.29, 0.717) is 0 Å². The minimum Gasteiger partial charge on any atom is -0.497 e. The Morgan fingerprint density at radius 1 is 1.13 bits per heavy atom. The van der Waals surface area contributed by atoms with Crippen LogP contribution in [-0.4, -0.2) is 34.5 Å². The van der Waals surface area contributed by atoms with Gasteiger partial charge in [0.1, 0.15) is 11.8 Å². The second kappa shape index (κ2) is 7.46. The van der Waals surface area contributed by atoms with Crippen LogP contribution < -0.4 is 10.5 Å². The zero-order chi connectivity index (χ0) is 17.8. The summed E-state index contributed by atoms with van der Waals surface area (Å²) in [6, 6.07) is 6.55. The highest BCUT2D eigenvalue weighted by molar-refractivity contribution is 6.74. The summed E-state index contributed by atoms with van der Waals surface area (Å²) in [5, 5.41) is 0.00750. The first-order valence-electron chi connectivity index (χ1n) is 7.68. The van der Waals surface area contributed by atoms with E-state index in [1.54, 1.807) is 7.11 Å². The zero-order valence-corrected chi connectivity index (χ0v) is 16.2. The van der Waals surface area contributed by atoms with Crippen molar-refractivity contribution in [1.82, 2.24) is 0 Å². The molecule has 0 amide bonds. The summed E-state index contributed by atoms with van der Waals surface area (Å²) in [4.78, 5) is 11.9. The van der Waals surface area contributed by atoms with Crippen molar-refractivity contribution in [3.63, 3.8) is 0 Å². The molecule has 0 bridgehead atoms. The van der Waals surface area contributed by atoms with E-state index in [1.165, 1.54) is 7.11 Å². The summed E-state index contributed by atoms with van der Waals surface area (Å²) in [7, 11) is 0.830. The van der Waals surface area contributed by atoms with Gasteiger partial charge in [-0.2, -0.15) is 0 Å². The van der Waals surface area contributed by atoms with E-state index in [-0.39, 0.29) is 5.04 Å². The molecular weight excluding hydrogens is 310 g/mol. The molecule has 1 aromatic carbocycles. The second-order valence-electron chi connectivity index (χ2n) is 7.12. The van der Waals surface area contributed by atoms with Gasteiger partial charge in [-0.1, -0.05) is 32.9 Å². The van der Waals surface area contributed by atoms with Gasteiger partial charge in [-0.3, -0.25) is 4.79 Å². The Morgan fingerprint density at radius 2 is 1.65 bits per heavy atom. The molecule has 2 N–H and O–H groups in total. The molecule has 0 aliphatic heterocycles. The van der Waals surface area contributed by atoms with Crippen LogP contribution in [0.1, 0.15) is 32.4 Å². The molecule has 1 aromatic rings. The van der Waals surface area contributed by atoms with Crippen LogP contribution in [0, 0.1) is 0 Å². The summed E-state index contributed by atoms with van der Waals surface area (Å²) in [6.45, 7) is 10.7. The van der Waals surface area contributed by atoms with E-state index in [1.807, 2.05) is 24.3 Å². The predicted molar refractivity (Wildman–Crippen MR) is 94.0 cm³/mol. The molecule has 6 heteroatoms. The van der Waals surface area contributed by atoms with Gasteiger partial charge >= 0.3 is 5.97 Å². The first-order valence-corrected chi connectivity index (χ1v) is 10.6. The van der Waals surface area contributed by atoms with Crippen molar-refractivity contribution in [3.8, 4) is 5.75 Å². The first kappa shape index (κ1) is 19.7. The number of esters is 1. The van der Waals surface area contributed by atoms with Crippen LogP contribution in [0.2, 0.25) is 18.1 Å². The van der Waals surface area contributed by atoms with E-state index in [9.17, 15) is 4.79 Å². The third-order valence-corrected chi connectivity index (χ3v) is 8.93. The number of nitrogens with two attached hydrogens (primary N) is 1. The Kier molecular flexibility index (Phi) is 6.38. The van der Waals surface area contributed by atoms with Gasteiger partial charge < -0.3 is 19.6 Å². The zero-order valence-electron chi connectivity index (χ0n) is 15.2. The van der Waals surface area contributed by atoms with Crippen LogP contribution in [0.5, 0.6) is 5.75 Å². The molecule has 5 nitrogen and oxygen atoms in total. The van der Waals surface area contributed by atoms with Crippen LogP contribution in [0.15, 0.2) is 24.3 Å². The molecule has 0 fully saturated rings. The van der Waals surface area contributed by atoms with Crippen LogP contribution in [-0.2, 0) is 14.0 Å². The third kappa shape index (κ3) is 4.80. The molecule has 0 unspecified atom stereocenters. The summed E-state index contributed by atoms with van der Waals surface area (Å²) in [6.07, 6.45) is -0.547. The van der Waals surface area contributed by atoms with E-state index in [4.69, 9.17) is 19.6 Å². The fourth-order valence-corrected chi connectivity index (χ4v) is 3.17. The number of ether oxygens (including phenoxy) is 2. The van der Waals surface area contributed by atoms with E-state index in [2.05, 4.69) is 33.9 Å². The van der Waals surface area contributed by atoms with Crippen LogP contribution in [0.25, 0.3) is 0 Å². The smallest absolute Gasteiger partial charge is 0.325 e. The molecule has 0 aliphatic rings. The van der Waals surface area contributed by atoms with Gasteiger partial charge in [-0.25, -0.2) is 0 Å². The summed E-state index contributed by atoms with van der Waals surface area (Å²) < 4.78 is 16.4. The highest BCUT2D eigenvalue weighted by Crippen LogP contribution is 2.40. The van der Waals surface area contributed by atoms with Crippen molar-refractivity contribution in [1.29, 1.82) is 0 Å². The fraction of sp³-hybridized carbons (Fsp3) is 0.588. The number of methoxy groups -OCH3 is 2. The van der Waals surface area contributed by atoms with Crippen molar-refractivity contribution >= 4 is 14.3 Å². The summed E-state index contributed by atoms with van der Waals surface area (Å²) in [5.41, 5.74) is 6.96. The lowest BCUT2D eigenvalue weighted by molar-refractivity contribution is -0.144. The quantitative estimate of drug-likeness (QED) is 0.636. The summed E-state index contributed by atoms with van der Waals surface area (Å²) >= 11 is 0. The van der Waals surface area contributed by atoms with E-state index < -0.39 is 26.4 Å². The highest BCUT2D eigenvalue weighted by atomic mass is 28.4. The predicted octanol–water partition coefficient (Wildman–Crippen LogP) is 3.26. The minimum absolute atomic E-state index is 0.00750. The molecule has 0 radical (unpaired) electrons. The number of hydrogen-bond acceptors (Lipinski definition) is 5. The Hall–Kier alpha value is -1.37. The summed E-state index contributed by atoms with van der Waals surface area (Å²) in [5.74, 6) is 0.260. The van der Waals surface area contributed by atoms with Crippen LogP contribution in [0.3, 0.4) is 0 Å². The number of benzene rings is 1. The average molecular weight is 340 g/mol. The molecule has 130 valence electrons. The molecule has 1 rings (SSSR count). The maximum atomic E-state index is 11.9. The van der Waals surface area contributed by atoms with Gasteiger partial charge in [0.15, 0.2) is 8.32 Å². The lowest BCUT2D eigenvalue weighted by atomic mass is 10.0. The maximum Gasteiger partial charge on any atom is 0.325 e. The number of rotatable bonds is 6. The highest BCUT2D eigenvalue weighted by Gasteiger charge is 2.42. The number of hydrogen-bond donors (Lipinski definition) is 1. The van der Waals surface area contributed by atoms with Gasteiger partial charge in [0, 0.05) is 0 Å². The number of carbonyl (C=O) groups excluding carboxylic acids is 1. The monoisotopic (exact) mass is 339 g/mol. The first-order chi connectivity index (χ1) is 10.5. The van der Waals surface area contributed by atoms with Gasteiger partial charge in [0.25, 0.3) is 0 Å². The SMILES string of the molecule is COC(=O)[C@H](N)[C@H](O[Si](C)(C)C(C)(C)C)c1ccc(OC)cc1. The molecule has 0 spiro atoms. The van der Waals surface area contributed by atoms with Crippen LogP contribution in [0.4, 0.5) is 0 Å². The minimum atomic E-state index is -2.11. The Bertz CT molecular complexity index is 522. The van der Waals surface area contributed by atoms with Crippen molar-refractivity contribution in [2.24, 2.45) is 5.73 Å². The van der Waals surface area contributed by atoms with Crippen molar-refractivity contribution in [2.75, 3.05) is 14.2 Å². The van der Waals surface area contributed by atoms with E-state index >= 15 is 0 Å². The second-order valence-corrected chi connectivity index (χ2v) is 11.9. The lowest BCUT2D eigenvalue weighted by Crippen LogP contribution is -2.48. The molecule has 0 heterocycles. The molecule has 0 aliphatic carbocycles. The molecule has 0 saturated carbocycles. The van der Waals surface area contributed by atoms with E-state index in [0.717, 1.165) is 11.3 Å². The molecule has 0 saturated heterocycles. The Balaban J connectivity index is 3.18. The van der Waals surface area contributed by atoms with Crippen molar-refractivity contribution in [2.45, 2.75) is 51.0 Å². The van der Waals surface area contributed by atoms with Gasteiger partial charge in [-0.05, 0) is 35.8 Å². The van der Waals surface area contributed by atoms with Crippen LogP contribution >= 0.6 is 0 Å². The lowest BCUT2D eigenvalue weighted by Gasteiger charge is -2.40. The maximum absolute atomic E-state index is 11.9. The molecule has 0 aromatic heterocycles. The van der Waals surface area contributed by atoms with Gasteiger partial charge in [-0.15, -0.1) is 0 Å². The van der Waals surface area contributed by atoms with Gasteiger partial charge in [0.2, 0.25) is 0 Å². The average Bonchev–Trinajstić information content (AvgIpc) is 2.50.